The van der Waals surface area contributed by atoms with Crippen LogP contribution in [0.1, 0.15) is 15.9 Å². The van der Waals surface area contributed by atoms with E-state index >= 15 is 0 Å². The lowest BCUT2D eigenvalue weighted by atomic mass is 10.1. The first-order chi connectivity index (χ1) is 14.7. The van der Waals surface area contributed by atoms with Crippen molar-refractivity contribution < 1.29 is 9.53 Å². The molecule has 0 saturated heterocycles. The van der Waals surface area contributed by atoms with Gasteiger partial charge in [0.25, 0.3) is 5.91 Å². The zero-order valence-electron chi connectivity index (χ0n) is 15.7. The molecule has 1 unspecified atom stereocenters. The van der Waals surface area contributed by atoms with E-state index in [1.165, 1.54) is 0 Å². The minimum absolute atomic E-state index is 0.188. The van der Waals surface area contributed by atoms with E-state index in [1.807, 2.05) is 6.07 Å². The van der Waals surface area contributed by atoms with Gasteiger partial charge in [0.1, 0.15) is 11.9 Å². The van der Waals surface area contributed by atoms with Crippen molar-refractivity contribution in [2.45, 2.75) is 12.5 Å². The van der Waals surface area contributed by atoms with E-state index in [1.54, 1.807) is 55.1 Å². The van der Waals surface area contributed by atoms with E-state index in [-0.39, 0.29) is 12.0 Å². The first-order valence-electron chi connectivity index (χ1n) is 9.43. The second-order valence-electron chi connectivity index (χ2n) is 6.93. The summed E-state index contributed by atoms with van der Waals surface area (Å²) in [4.78, 5) is 29.7. The van der Waals surface area contributed by atoms with Crippen molar-refractivity contribution in [3.63, 3.8) is 0 Å². The van der Waals surface area contributed by atoms with E-state index in [9.17, 15) is 4.79 Å². The fourth-order valence-electron chi connectivity index (χ4n) is 3.53. The number of hydrogen-bond donors (Lipinski definition) is 1. The maximum absolute atomic E-state index is 12.6. The first-order valence-corrected chi connectivity index (χ1v) is 9.80. The zero-order chi connectivity index (χ0) is 20.5. The van der Waals surface area contributed by atoms with Crippen LogP contribution >= 0.6 is 11.6 Å². The zero-order valence-corrected chi connectivity index (χ0v) is 16.5. The van der Waals surface area contributed by atoms with E-state index in [2.05, 4.69) is 25.3 Å². The van der Waals surface area contributed by atoms with Gasteiger partial charge in [0.15, 0.2) is 5.82 Å². The number of amides is 1. The smallest absolute Gasteiger partial charge is 0.251 e. The fraction of sp³-hybridized carbons (Fsp3) is 0.136. The number of aromatic nitrogens is 4. The van der Waals surface area contributed by atoms with Crippen LogP contribution in [0.5, 0.6) is 5.75 Å². The normalized spacial score (nSPS) is 14.9. The summed E-state index contributed by atoms with van der Waals surface area (Å²) >= 11 is 6.29. The predicted octanol–water partition coefficient (Wildman–Crippen LogP) is 3.47. The van der Waals surface area contributed by atoms with Crippen LogP contribution < -0.4 is 10.1 Å². The Morgan fingerprint density at radius 3 is 2.67 bits per heavy atom. The summed E-state index contributed by atoms with van der Waals surface area (Å²) in [6.07, 6.45) is 7.02. The molecule has 0 bridgehead atoms. The average molecular weight is 418 g/mol. The summed E-state index contributed by atoms with van der Waals surface area (Å²) in [5, 5.41) is 3.54. The number of carbonyl (C=O) groups is 1. The van der Waals surface area contributed by atoms with Gasteiger partial charge in [-0.1, -0.05) is 11.6 Å². The maximum Gasteiger partial charge on any atom is 0.251 e. The number of nitrogens with zero attached hydrogens (tertiary/aromatic N) is 4. The van der Waals surface area contributed by atoms with Crippen molar-refractivity contribution in [3.8, 4) is 17.1 Å². The Morgan fingerprint density at radius 2 is 1.83 bits per heavy atom. The molecular weight excluding hydrogens is 402 g/mol. The second-order valence-corrected chi connectivity index (χ2v) is 7.36. The summed E-state index contributed by atoms with van der Waals surface area (Å²) in [7, 11) is 0. The SMILES string of the molecule is O=C(NCC1Cc2cc(Cl)cc(-c3ncccn3)c2O1)c1ccc2nccnc2c1. The molecule has 0 aliphatic carbocycles. The number of hydrogen-bond acceptors (Lipinski definition) is 6. The summed E-state index contributed by atoms with van der Waals surface area (Å²) in [5.41, 5.74) is 3.68. The highest BCUT2D eigenvalue weighted by Gasteiger charge is 2.28. The van der Waals surface area contributed by atoms with Crippen molar-refractivity contribution in [2.75, 3.05) is 6.54 Å². The van der Waals surface area contributed by atoms with E-state index in [0.29, 0.717) is 40.6 Å². The molecule has 5 rings (SSSR count). The number of benzene rings is 2. The first kappa shape index (κ1) is 18.4. The van der Waals surface area contributed by atoms with E-state index in [4.69, 9.17) is 16.3 Å². The minimum Gasteiger partial charge on any atom is -0.487 e. The quantitative estimate of drug-likeness (QED) is 0.546. The van der Waals surface area contributed by atoms with Gasteiger partial charge in [0, 0.05) is 47.4 Å². The Balaban J connectivity index is 1.31. The molecule has 1 atom stereocenters. The topological polar surface area (TPSA) is 89.9 Å². The molecule has 8 heteroatoms. The molecule has 0 saturated carbocycles. The van der Waals surface area contributed by atoms with Crippen molar-refractivity contribution in [1.29, 1.82) is 0 Å². The Hall–Kier alpha value is -3.58. The highest BCUT2D eigenvalue weighted by molar-refractivity contribution is 6.31. The molecule has 4 aromatic rings. The molecule has 0 spiro atoms. The maximum atomic E-state index is 12.6. The lowest BCUT2D eigenvalue weighted by Gasteiger charge is -2.13. The third-order valence-corrected chi connectivity index (χ3v) is 5.11. The Labute approximate surface area is 177 Å². The van der Waals surface area contributed by atoms with Gasteiger partial charge < -0.3 is 10.1 Å². The fourth-order valence-corrected chi connectivity index (χ4v) is 3.77. The van der Waals surface area contributed by atoms with Crippen LogP contribution in [0, 0.1) is 0 Å². The molecule has 3 heterocycles. The number of nitrogens with one attached hydrogen (secondary N) is 1. The van der Waals surface area contributed by atoms with Gasteiger partial charge >= 0.3 is 0 Å². The van der Waals surface area contributed by atoms with Crippen LogP contribution in [0.25, 0.3) is 22.4 Å². The van der Waals surface area contributed by atoms with Crippen molar-refractivity contribution in [2.24, 2.45) is 0 Å². The molecular formula is C22H16ClN5O2. The lowest BCUT2D eigenvalue weighted by molar-refractivity contribution is 0.0934. The third-order valence-electron chi connectivity index (χ3n) is 4.89. The molecule has 1 aliphatic rings. The van der Waals surface area contributed by atoms with Crippen LogP contribution in [0.2, 0.25) is 5.02 Å². The molecule has 1 amide bonds. The van der Waals surface area contributed by atoms with E-state index < -0.39 is 0 Å². The molecule has 0 fully saturated rings. The van der Waals surface area contributed by atoms with Gasteiger partial charge in [-0.2, -0.15) is 0 Å². The van der Waals surface area contributed by atoms with Gasteiger partial charge in [-0.05, 0) is 36.4 Å². The average Bonchev–Trinajstić information content (AvgIpc) is 3.20. The summed E-state index contributed by atoms with van der Waals surface area (Å²) < 4.78 is 6.13. The highest BCUT2D eigenvalue weighted by atomic mass is 35.5. The molecule has 148 valence electrons. The highest BCUT2D eigenvalue weighted by Crippen LogP contribution is 2.39. The summed E-state index contributed by atoms with van der Waals surface area (Å²) in [5.74, 6) is 1.08. The number of carbonyl (C=O) groups excluding carboxylic acids is 1. The number of ether oxygens (including phenoxy) is 1. The van der Waals surface area contributed by atoms with Gasteiger partial charge in [0.05, 0.1) is 23.1 Å². The molecule has 2 aromatic carbocycles. The van der Waals surface area contributed by atoms with Gasteiger partial charge in [-0.25, -0.2) is 9.97 Å². The Bertz CT molecular complexity index is 1250. The van der Waals surface area contributed by atoms with E-state index in [0.717, 1.165) is 16.6 Å². The van der Waals surface area contributed by atoms with Gasteiger partial charge in [0.2, 0.25) is 0 Å². The number of halogens is 1. The summed E-state index contributed by atoms with van der Waals surface area (Å²) in [6.45, 7) is 0.360. The van der Waals surface area contributed by atoms with Crippen molar-refractivity contribution in [3.05, 3.63) is 77.3 Å². The molecule has 1 aliphatic heterocycles. The molecule has 7 nitrogen and oxygen atoms in total. The minimum atomic E-state index is -0.204. The number of rotatable bonds is 4. The number of fused-ring (bicyclic) bond motifs is 2. The monoisotopic (exact) mass is 417 g/mol. The van der Waals surface area contributed by atoms with Crippen LogP contribution in [0.3, 0.4) is 0 Å². The van der Waals surface area contributed by atoms with Crippen LogP contribution in [-0.2, 0) is 6.42 Å². The van der Waals surface area contributed by atoms with Crippen LogP contribution in [0.15, 0.2) is 61.2 Å². The molecule has 30 heavy (non-hydrogen) atoms. The largest absolute Gasteiger partial charge is 0.487 e. The van der Waals surface area contributed by atoms with Gasteiger partial charge in [-0.15, -0.1) is 0 Å². The Morgan fingerprint density at radius 1 is 1.03 bits per heavy atom. The molecule has 0 radical (unpaired) electrons. The third kappa shape index (κ3) is 3.55. The lowest BCUT2D eigenvalue weighted by Crippen LogP contribution is -2.34. The second kappa shape index (κ2) is 7.68. The standard InChI is InChI=1S/C22H16ClN5O2/c23-15-8-14-9-16(30-20(14)17(11-15)21-26-4-1-5-27-21)12-28-22(29)13-2-3-18-19(10-13)25-7-6-24-18/h1-8,10-11,16H,9,12H2,(H,28,29). The predicted molar refractivity (Wildman–Crippen MR) is 112 cm³/mol. The Kier molecular flexibility index (Phi) is 4.72. The van der Waals surface area contributed by atoms with Gasteiger partial charge in [-0.3, -0.25) is 14.8 Å². The molecule has 1 N–H and O–H groups in total. The van der Waals surface area contributed by atoms with Crippen LogP contribution in [-0.4, -0.2) is 38.5 Å². The summed E-state index contributed by atoms with van der Waals surface area (Å²) in [6, 6.07) is 10.7. The van der Waals surface area contributed by atoms with Crippen molar-refractivity contribution in [1.82, 2.24) is 25.3 Å². The molecule has 2 aromatic heterocycles. The van der Waals surface area contributed by atoms with Crippen LogP contribution in [0.4, 0.5) is 0 Å². The van der Waals surface area contributed by atoms with Crippen molar-refractivity contribution >= 4 is 28.5 Å².